The van der Waals surface area contributed by atoms with Crippen molar-refractivity contribution in [2.24, 2.45) is 0 Å². The molecule has 2 aromatic carbocycles. The zero-order chi connectivity index (χ0) is 16.9. The van der Waals surface area contributed by atoms with Gasteiger partial charge in [-0.3, -0.25) is 4.79 Å². The highest BCUT2D eigenvalue weighted by Crippen LogP contribution is 2.09. The molecule has 0 aliphatic carbocycles. The molecule has 5 heteroatoms. The van der Waals surface area contributed by atoms with Crippen LogP contribution in [-0.4, -0.2) is 19.0 Å². The highest BCUT2D eigenvalue weighted by Gasteiger charge is 2.15. The third kappa shape index (κ3) is 4.17. The predicted molar refractivity (Wildman–Crippen MR) is 87.6 cm³/mol. The zero-order valence-electron chi connectivity index (χ0n) is 13.4. The van der Waals surface area contributed by atoms with Crippen LogP contribution in [0.5, 0.6) is 0 Å². The topological polar surface area (TPSA) is 33.5 Å². The third-order valence-corrected chi connectivity index (χ3v) is 4.42. The first-order valence-corrected chi connectivity index (χ1v) is 8.26. The Hall–Kier alpha value is -2.27. The number of carbonyl (C=O) groups excluding carboxylic acids is 1. The number of amides is 1. The van der Waals surface area contributed by atoms with E-state index in [-0.39, 0.29) is 5.56 Å². The molecule has 1 amide bonds. The maximum absolute atomic E-state index is 13.2. The molecule has 0 unspecified atom stereocenters. The number of likely N-dealkylation sites (tertiary alicyclic amines) is 1. The van der Waals surface area contributed by atoms with Gasteiger partial charge in [0.15, 0.2) is 11.6 Å². The van der Waals surface area contributed by atoms with Gasteiger partial charge in [0, 0.05) is 30.5 Å². The average Bonchev–Trinajstić information content (AvgIpc) is 3.09. The van der Waals surface area contributed by atoms with Crippen molar-refractivity contribution in [3.05, 3.63) is 70.8 Å². The van der Waals surface area contributed by atoms with Crippen molar-refractivity contribution in [3.63, 3.8) is 0 Å². The van der Waals surface area contributed by atoms with Gasteiger partial charge >= 0.3 is 0 Å². The van der Waals surface area contributed by atoms with Crippen LogP contribution >= 0.6 is 0 Å². The van der Waals surface area contributed by atoms with E-state index in [9.17, 15) is 13.6 Å². The largest absolute Gasteiger partial charge is 0.348 e. The summed E-state index contributed by atoms with van der Waals surface area (Å²) in [5, 5.41) is 2.72. The van der Waals surface area contributed by atoms with Crippen LogP contribution in [-0.2, 0) is 13.1 Å². The molecular weight excluding hydrogens is 310 g/mol. The molecule has 126 valence electrons. The van der Waals surface area contributed by atoms with Gasteiger partial charge in [-0.1, -0.05) is 24.3 Å². The van der Waals surface area contributed by atoms with Crippen molar-refractivity contribution in [2.75, 3.05) is 13.1 Å². The van der Waals surface area contributed by atoms with Gasteiger partial charge in [0.2, 0.25) is 0 Å². The molecule has 0 bridgehead atoms. The van der Waals surface area contributed by atoms with Crippen LogP contribution in [0.15, 0.2) is 42.5 Å². The number of hydrogen-bond donors (Lipinski definition) is 2. The Morgan fingerprint density at radius 3 is 2.29 bits per heavy atom. The van der Waals surface area contributed by atoms with Crippen LogP contribution in [0, 0.1) is 11.6 Å². The van der Waals surface area contributed by atoms with Crippen molar-refractivity contribution < 1.29 is 18.5 Å². The Labute approximate surface area is 140 Å². The molecule has 0 spiro atoms. The van der Waals surface area contributed by atoms with Crippen molar-refractivity contribution in [1.29, 1.82) is 0 Å². The minimum absolute atomic E-state index is 0.114. The summed E-state index contributed by atoms with van der Waals surface area (Å²) in [5.41, 5.74) is 2.39. The highest BCUT2D eigenvalue weighted by atomic mass is 19.2. The first-order chi connectivity index (χ1) is 11.6. The molecule has 1 fully saturated rings. The molecule has 0 saturated carbocycles. The number of rotatable bonds is 5. The van der Waals surface area contributed by atoms with E-state index in [0.29, 0.717) is 6.54 Å². The fourth-order valence-electron chi connectivity index (χ4n) is 3.04. The number of quaternary nitrogens is 1. The maximum Gasteiger partial charge on any atom is 0.251 e. The Morgan fingerprint density at radius 2 is 1.62 bits per heavy atom. The van der Waals surface area contributed by atoms with Crippen LogP contribution < -0.4 is 10.2 Å². The van der Waals surface area contributed by atoms with Crippen molar-refractivity contribution in [2.45, 2.75) is 25.9 Å². The smallest absolute Gasteiger partial charge is 0.251 e. The molecule has 2 aromatic rings. The number of carbonyl (C=O) groups is 1. The number of halogens is 2. The minimum Gasteiger partial charge on any atom is -0.348 e. The summed E-state index contributed by atoms with van der Waals surface area (Å²) in [6.07, 6.45) is 2.62. The predicted octanol–water partition coefficient (Wildman–Crippen LogP) is 2.07. The number of benzene rings is 2. The van der Waals surface area contributed by atoms with Crippen molar-refractivity contribution >= 4 is 5.91 Å². The summed E-state index contributed by atoms with van der Waals surface area (Å²) in [7, 11) is 0. The third-order valence-electron chi connectivity index (χ3n) is 4.42. The molecule has 0 atom stereocenters. The van der Waals surface area contributed by atoms with Crippen LogP contribution in [0.25, 0.3) is 0 Å². The summed E-state index contributed by atoms with van der Waals surface area (Å²) in [6, 6.07) is 11.3. The SMILES string of the molecule is O=C(NCc1ccc(C[NH+]2CCCC2)cc1)c1ccc(F)c(F)c1. The highest BCUT2D eigenvalue weighted by molar-refractivity contribution is 5.94. The normalized spacial score (nSPS) is 14.8. The monoisotopic (exact) mass is 331 g/mol. The van der Waals surface area contributed by atoms with Gasteiger partial charge in [-0.25, -0.2) is 8.78 Å². The maximum atomic E-state index is 13.2. The van der Waals surface area contributed by atoms with Gasteiger partial charge in [0.05, 0.1) is 13.1 Å². The van der Waals surface area contributed by atoms with Gasteiger partial charge < -0.3 is 10.2 Å². The molecule has 0 aromatic heterocycles. The zero-order valence-corrected chi connectivity index (χ0v) is 13.4. The molecule has 24 heavy (non-hydrogen) atoms. The fourth-order valence-corrected chi connectivity index (χ4v) is 3.04. The first kappa shape index (κ1) is 16.6. The van der Waals surface area contributed by atoms with Crippen LogP contribution in [0.2, 0.25) is 0 Å². The summed E-state index contributed by atoms with van der Waals surface area (Å²) >= 11 is 0. The summed E-state index contributed by atoms with van der Waals surface area (Å²) < 4.78 is 26.0. The van der Waals surface area contributed by atoms with Gasteiger partial charge in [-0.2, -0.15) is 0 Å². The fraction of sp³-hybridized carbons (Fsp3) is 0.316. The number of nitrogens with one attached hydrogen (secondary N) is 2. The molecule has 2 N–H and O–H groups in total. The summed E-state index contributed by atoms with van der Waals surface area (Å²) in [5.74, 6) is -2.39. The van der Waals surface area contributed by atoms with E-state index in [1.165, 1.54) is 37.6 Å². The Balaban J connectivity index is 1.53. The van der Waals surface area contributed by atoms with E-state index in [4.69, 9.17) is 0 Å². The Kier molecular flexibility index (Phi) is 5.20. The van der Waals surface area contributed by atoms with E-state index in [2.05, 4.69) is 17.4 Å². The second-order valence-electron chi connectivity index (χ2n) is 6.26. The Bertz CT molecular complexity index is 710. The first-order valence-electron chi connectivity index (χ1n) is 8.26. The average molecular weight is 331 g/mol. The lowest BCUT2D eigenvalue weighted by molar-refractivity contribution is -0.901. The number of hydrogen-bond acceptors (Lipinski definition) is 1. The van der Waals surface area contributed by atoms with E-state index in [0.717, 1.165) is 24.2 Å². The van der Waals surface area contributed by atoms with Crippen molar-refractivity contribution in [1.82, 2.24) is 5.32 Å². The molecule has 3 nitrogen and oxygen atoms in total. The van der Waals surface area contributed by atoms with Crippen LogP contribution in [0.4, 0.5) is 8.78 Å². The molecular formula is C19H21F2N2O+. The molecule has 3 rings (SSSR count). The molecule has 1 heterocycles. The van der Waals surface area contributed by atoms with Gasteiger partial charge in [-0.15, -0.1) is 0 Å². The quantitative estimate of drug-likeness (QED) is 0.864. The van der Waals surface area contributed by atoms with E-state index in [1.54, 1.807) is 4.90 Å². The summed E-state index contributed by atoms with van der Waals surface area (Å²) in [4.78, 5) is 13.6. The second-order valence-corrected chi connectivity index (χ2v) is 6.26. The summed E-state index contributed by atoms with van der Waals surface area (Å²) in [6.45, 7) is 3.88. The lowest BCUT2D eigenvalue weighted by atomic mass is 10.1. The molecule has 1 aliphatic heterocycles. The van der Waals surface area contributed by atoms with Crippen molar-refractivity contribution in [3.8, 4) is 0 Å². The van der Waals surface area contributed by atoms with E-state index in [1.807, 2.05) is 12.1 Å². The van der Waals surface area contributed by atoms with Gasteiger partial charge in [0.1, 0.15) is 6.54 Å². The Morgan fingerprint density at radius 1 is 0.958 bits per heavy atom. The molecule has 1 saturated heterocycles. The lowest BCUT2D eigenvalue weighted by Crippen LogP contribution is -3.08. The standard InChI is InChI=1S/C19H20F2N2O/c20-17-8-7-16(11-18(17)21)19(24)22-12-14-3-5-15(6-4-14)13-23-9-1-2-10-23/h3-8,11H,1-2,9-10,12-13H2,(H,22,24)/p+1. The van der Waals surface area contributed by atoms with E-state index >= 15 is 0 Å². The lowest BCUT2D eigenvalue weighted by Gasteiger charge is -2.12. The van der Waals surface area contributed by atoms with E-state index < -0.39 is 17.5 Å². The molecule has 0 radical (unpaired) electrons. The van der Waals surface area contributed by atoms with Gasteiger partial charge in [-0.05, 0) is 23.8 Å². The van der Waals surface area contributed by atoms with Gasteiger partial charge in [0.25, 0.3) is 5.91 Å². The minimum atomic E-state index is -1.02. The second kappa shape index (κ2) is 7.53. The molecule has 1 aliphatic rings. The van der Waals surface area contributed by atoms with Crippen LogP contribution in [0.3, 0.4) is 0 Å². The van der Waals surface area contributed by atoms with Crippen LogP contribution in [0.1, 0.15) is 34.3 Å².